The van der Waals surface area contributed by atoms with Crippen molar-refractivity contribution in [3.8, 4) is 11.1 Å². The Kier molecular flexibility index (Phi) is 5.48. The minimum absolute atomic E-state index is 0.0246. The lowest BCUT2D eigenvalue weighted by Crippen LogP contribution is -2.36. The second-order valence-electron chi connectivity index (χ2n) is 7.24. The monoisotopic (exact) mass is 401 g/mol. The van der Waals surface area contributed by atoms with Gasteiger partial charge in [-0.25, -0.2) is 4.79 Å². The first-order chi connectivity index (χ1) is 14.6. The Morgan fingerprint density at radius 1 is 1.10 bits per heavy atom. The second-order valence-corrected chi connectivity index (χ2v) is 7.24. The third kappa shape index (κ3) is 3.89. The van der Waals surface area contributed by atoms with Gasteiger partial charge in [-0.05, 0) is 59.5 Å². The van der Waals surface area contributed by atoms with Crippen molar-refractivity contribution in [2.75, 3.05) is 23.9 Å². The van der Waals surface area contributed by atoms with Crippen molar-refractivity contribution in [2.24, 2.45) is 0 Å². The predicted molar refractivity (Wildman–Crippen MR) is 116 cm³/mol. The average molecular weight is 401 g/mol. The van der Waals surface area contributed by atoms with E-state index in [0.29, 0.717) is 12.1 Å². The lowest BCUT2D eigenvalue weighted by atomic mass is 9.92. The molecule has 0 aliphatic carbocycles. The molecule has 152 valence electrons. The number of carbonyl (C=O) groups excluding carboxylic acids is 2. The number of anilines is 2. The normalized spacial score (nSPS) is 15.3. The fraction of sp³-hybridized carbons (Fsp3) is 0.208. The molecule has 0 saturated heterocycles. The van der Waals surface area contributed by atoms with Gasteiger partial charge in [-0.2, -0.15) is 0 Å². The molecule has 1 aliphatic heterocycles. The van der Waals surface area contributed by atoms with Crippen molar-refractivity contribution in [1.29, 1.82) is 0 Å². The number of pyridine rings is 1. The highest BCUT2D eigenvalue weighted by Gasteiger charge is 2.27. The Morgan fingerprint density at radius 3 is 2.67 bits per heavy atom. The zero-order chi connectivity index (χ0) is 21.1. The Bertz CT molecular complexity index is 1080. The predicted octanol–water partition coefficient (Wildman–Crippen LogP) is 4.45. The Labute approximate surface area is 175 Å². The first kappa shape index (κ1) is 19.6. The number of nitrogens with one attached hydrogen (secondary N) is 1. The summed E-state index contributed by atoms with van der Waals surface area (Å²) >= 11 is 0. The SMILES string of the molecule is COC(=O)c1cccc(-c2ccc3c(c2)C(Nc2cccnc2)CCN3C(C)=O)c1. The highest BCUT2D eigenvalue weighted by Crippen LogP contribution is 2.38. The van der Waals surface area contributed by atoms with Crippen LogP contribution in [0.15, 0.2) is 67.0 Å². The van der Waals surface area contributed by atoms with Gasteiger partial charge in [-0.3, -0.25) is 9.78 Å². The maximum absolute atomic E-state index is 12.2. The average Bonchev–Trinajstić information content (AvgIpc) is 2.79. The van der Waals surface area contributed by atoms with Gasteiger partial charge >= 0.3 is 5.97 Å². The van der Waals surface area contributed by atoms with Gasteiger partial charge in [0.15, 0.2) is 0 Å². The molecule has 1 unspecified atom stereocenters. The highest BCUT2D eigenvalue weighted by atomic mass is 16.5. The largest absolute Gasteiger partial charge is 0.465 e. The van der Waals surface area contributed by atoms with Gasteiger partial charge in [0, 0.05) is 31.5 Å². The molecule has 6 heteroatoms. The van der Waals surface area contributed by atoms with Gasteiger partial charge in [0.05, 0.1) is 24.4 Å². The lowest BCUT2D eigenvalue weighted by Gasteiger charge is -2.35. The number of nitrogens with zero attached hydrogens (tertiary/aromatic N) is 2. The molecule has 0 fully saturated rings. The van der Waals surface area contributed by atoms with E-state index in [1.807, 2.05) is 47.4 Å². The fourth-order valence-electron chi connectivity index (χ4n) is 3.86. The van der Waals surface area contributed by atoms with Gasteiger partial charge in [0.1, 0.15) is 0 Å². The summed E-state index contributed by atoms with van der Waals surface area (Å²) in [7, 11) is 1.37. The van der Waals surface area contributed by atoms with E-state index in [9.17, 15) is 9.59 Å². The number of aromatic nitrogens is 1. The maximum Gasteiger partial charge on any atom is 0.337 e. The quantitative estimate of drug-likeness (QED) is 0.654. The number of esters is 1. The lowest BCUT2D eigenvalue weighted by molar-refractivity contribution is -0.116. The molecule has 0 bridgehead atoms. The number of benzene rings is 2. The van der Waals surface area contributed by atoms with Crippen molar-refractivity contribution in [3.05, 3.63) is 78.1 Å². The summed E-state index contributed by atoms with van der Waals surface area (Å²) in [6.07, 6.45) is 4.32. The fourth-order valence-corrected chi connectivity index (χ4v) is 3.86. The van der Waals surface area contributed by atoms with Crippen molar-refractivity contribution in [2.45, 2.75) is 19.4 Å². The van der Waals surface area contributed by atoms with Gasteiger partial charge in [-0.1, -0.05) is 18.2 Å². The van der Waals surface area contributed by atoms with Crippen molar-refractivity contribution >= 4 is 23.3 Å². The van der Waals surface area contributed by atoms with Crippen molar-refractivity contribution < 1.29 is 14.3 Å². The van der Waals surface area contributed by atoms with Gasteiger partial charge in [0.25, 0.3) is 0 Å². The summed E-state index contributed by atoms with van der Waals surface area (Å²) in [5.41, 5.74) is 5.28. The van der Waals surface area contributed by atoms with Crippen LogP contribution in [0.3, 0.4) is 0 Å². The van der Waals surface area contributed by atoms with Gasteiger partial charge in [-0.15, -0.1) is 0 Å². The highest BCUT2D eigenvalue weighted by molar-refractivity contribution is 5.94. The van der Waals surface area contributed by atoms with Crippen LogP contribution in [0.2, 0.25) is 0 Å². The number of methoxy groups -OCH3 is 1. The van der Waals surface area contributed by atoms with Crippen molar-refractivity contribution in [1.82, 2.24) is 4.98 Å². The molecule has 2 aromatic carbocycles. The van der Waals surface area contributed by atoms with Crippen LogP contribution in [0.4, 0.5) is 11.4 Å². The van der Waals surface area contributed by atoms with E-state index in [0.717, 1.165) is 34.5 Å². The molecule has 3 aromatic rings. The summed E-state index contributed by atoms with van der Waals surface area (Å²) in [5, 5.41) is 3.54. The molecule has 0 radical (unpaired) electrons. The molecule has 0 spiro atoms. The van der Waals surface area contributed by atoms with Crippen LogP contribution < -0.4 is 10.2 Å². The van der Waals surface area contributed by atoms with E-state index in [1.54, 1.807) is 25.4 Å². The third-order valence-corrected chi connectivity index (χ3v) is 5.33. The number of rotatable bonds is 4. The summed E-state index contributed by atoms with van der Waals surface area (Å²) in [4.78, 5) is 30.1. The standard InChI is InChI=1S/C24H23N3O3/c1-16(28)27-12-10-22(26-20-7-4-11-25-15-20)21-14-18(8-9-23(21)27)17-5-3-6-19(13-17)24(29)30-2/h3-9,11,13-15,22,26H,10,12H2,1-2H3. The Morgan fingerprint density at radius 2 is 1.93 bits per heavy atom. The smallest absolute Gasteiger partial charge is 0.337 e. The first-order valence-corrected chi connectivity index (χ1v) is 9.84. The van der Waals surface area contributed by atoms with Gasteiger partial charge < -0.3 is 15.0 Å². The van der Waals surface area contributed by atoms with E-state index in [2.05, 4.69) is 16.4 Å². The minimum atomic E-state index is -0.367. The van der Waals surface area contributed by atoms with Crippen LogP contribution in [-0.2, 0) is 9.53 Å². The van der Waals surface area contributed by atoms with Crippen LogP contribution >= 0.6 is 0 Å². The number of amides is 1. The molecular weight excluding hydrogens is 378 g/mol. The maximum atomic E-state index is 12.2. The van der Waals surface area contributed by atoms with Crippen LogP contribution in [-0.4, -0.2) is 30.5 Å². The van der Waals surface area contributed by atoms with E-state index >= 15 is 0 Å². The molecule has 1 atom stereocenters. The summed E-state index contributed by atoms with van der Waals surface area (Å²) in [6, 6.07) is 17.3. The number of hydrogen-bond acceptors (Lipinski definition) is 5. The molecule has 4 rings (SSSR count). The zero-order valence-corrected chi connectivity index (χ0v) is 17.0. The molecule has 6 nitrogen and oxygen atoms in total. The Balaban J connectivity index is 1.75. The number of ether oxygens (including phenoxy) is 1. The van der Waals surface area contributed by atoms with E-state index in [1.165, 1.54) is 7.11 Å². The van der Waals surface area contributed by atoms with E-state index < -0.39 is 0 Å². The number of fused-ring (bicyclic) bond motifs is 1. The molecule has 30 heavy (non-hydrogen) atoms. The molecule has 1 amide bonds. The summed E-state index contributed by atoms with van der Waals surface area (Å²) in [6.45, 7) is 2.24. The minimum Gasteiger partial charge on any atom is -0.465 e. The summed E-state index contributed by atoms with van der Waals surface area (Å²) in [5.74, 6) is -0.342. The topological polar surface area (TPSA) is 71.5 Å². The molecular formula is C24H23N3O3. The molecule has 1 aromatic heterocycles. The number of carbonyl (C=O) groups is 2. The number of hydrogen-bond donors (Lipinski definition) is 1. The van der Waals surface area contributed by atoms with E-state index in [-0.39, 0.29) is 17.9 Å². The third-order valence-electron chi connectivity index (χ3n) is 5.33. The molecule has 1 N–H and O–H groups in total. The van der Waals surface area contributed by atoms with E-state index in [4.69, 9.17) is 4.74 Å². The van der Waals surface area contributed by atoms with Crippen LogP contribution in [0.1, 0.15) is 35.3 Å². The molecule has 2 heterocycles. The second kappa shape index (κ2) is 8.37. The van der Waals surface area contributed by atoms with Crippen molar-refractivity contribution in [3.63, 3.8) is 0 Å². The van der Waals surface area contributed by atoms with Crippen LogP contribution in [0, 0.1) is 0 Å². The Hall–Kier alpha value is -3.67. The zero-order valence-electron chi connectivity index (χ0n) is 17.0. The van der Waals surface area contributed by atoms with Crippen LogP contribution in [0.25, 0.3) is 11.1 Å². The molecule has 0 saturated carbocycles. The van der Waals surface area contributed by atoms with Gasteiger partial charge in [0.2, 0.25) is 5.91 Å². The molecule has 1 aliphatic rings. The van der Waals surface area contributed by atoms with Crippen LogP contribution in [0.5, 0.6) is 0 Å². The summed E-state index contributed by atoms with van der Waals surface area (Å²) < 4.78 is 4.84. The first-order valence-electron chi connectivity index (χ1n) is 9.84.